The number of nitrogens with zero attached hydrogens (tertiary/aromatic N) is 2. The van der Waals surface area contributed by atoms with Crippen LogP contribution in [0.5, 0.6) is 5.75 Å². The Bertz CT molecular complexity index is 787. The highest BCUT2D eigenvalue weighted by atomic mass is 35.5. The molecule has 1 N–H and O–H groups in total. The molecule has 0 aliphatic heterocycles. The second kappa shape index (κ2) is 7.83. The van der Waals surface area contributed by atoms with Crippen LogP contribution in [-0.4, -0.2) is 29.7 Å². The van der Waals surface area contributed by atoms with E-state index in [2.05, 4.69) is 15.0 Å². The molecule has 128 valence electrons. The van der Waals surface area contributed by atoms with Gasteiger partial charge in [-0.25, -0.2) is 4.98 Å². The molecule has 2 aromatic rings. The van der Waals surface area contributed by atoms with Crippen LogP contribution < -0.4 is 15.6 Å². The van der Waals surface area contributed by atoms with Crippen molar-refractivity contribution in [3.63, 3.8) is 0 Å². The molecule has 0 bridgehead atoms. The maximum atomic E-state index is 12.5. The van der Waals surface area contributed by atoms with Crippen molar-refractivity contribution in [3.05, 3.63) is 51.0 Å². The Kier molecular flexibility index (Phi) is 5.81. The first kappa shape index (κ1) is 17.8. The van der Waals surface area contributed by atoms with Gasteiger partial charge >= 0.3 is 5.97 Å². The molecule has 0 aliphatic carbocycles. The highest BCUT2D eigenvalue weighted by Gasteiger charge is 2.15. The van der Waals surface area contributed by atoms with E-state index in [1.807, 2.05) is 24.3 Å². The summed E-state index contributed by atoms with van der Waals surface area (Å²) in [7, 11) is 2.85. The Hall–Kier alpha value is -2.54. The van der Waals surface area contributed by atoms with E-state index in [4.69, 9.17) is 16.3 Å². The fraction of sp³-hybridized carbons (Fsp3) is 0.312. The molecule has 0 amide bonds. The van der Waals surface area contributed by atoms with E-state index in [1.54, 1.807) is 14.0 Å². The molecule has 0 atom stereocenters. The van der Waals surface area contributed by atoms with Crippen molar-refractivity contribution in [1.29, 1.82) is 0 Å². The molecule has 0 spiro atoms. The van der Waals surface area contributed by atoms with Crippen LogP contribution in [-0.2, 0) is 22.6 Å². The fourth-order valence-electron chi connectivity index (χ4n) is 2.05. The summed E-state index contributed by atoms with van der Waals surface area (Å²) in [6.45, 7) is 1.78. The Labute approximate surface area is 144 Å². The molecule has 1 aromatic carbocycles. The van der Waals surface area contributed by atoms with Gasteiger partial charge in [-0.05, 0) is 24.6 Å². The topological polar surface area (TPSA) is 82.5 Å². The van der Waals surface area contributed by atoms with Crippen LogP contribution in [0.25, 0.3) is 0 Å². The summed E-state index contributed by atoms with van der Waals surface area (Å²) in [5.41, 5.74) is 0.908. The number of esters is 1. The number of benzene rings is 1. The maximum Gasteiger partial charge on any atom is 0.325 e. The molecule has 1 aromatic heterocycles. The predicted molar refractivity (Wildman–Crippen MR) is 90.6 cm³/mol. The molecule has 0 saturated heterocycles. The first-order chi connectivity index (χ1) is 11.5. The van der Waals surface area contributed by atoms with E-state index in [-0.39, 0.29) is 17.5 Å². The lowest BCUT2D eigenvalue weighted by molar-refractivity contribution is -0.141. The monoisotopic (exact) mass is 351 g/mol. The third kappa shape index (κ3) is 4.05. The number of carbonyl (C=O) groups excluding carboxylic acids is 1. The number of methoxy groups -OCH3 is 2. The lowest BCUT2D eigenvalue weighted by Crippen LogP contribution is -2.30. The fourth-order valence-corrected chi connectivity index (χ4v) is 2.23. The minimum Gasteiger partial charge on any atom is -0.497 e. The van der Waals surface area contributed by atoms with Gasteiger partial charge in [0.1, 0.15) is 12.3 Å². The number of halogens is 1. The van der Waals surface area contributed by atoms with Crippen molar-refractivity contribution in [3.8, 4) is 5.75 Å². The minimum absolute atomic E-state index is 0.0744. The molecule has 7 nitrogen and oxygen atoms in total. The van der Waals surface area contributed by atoms with Crippen LogP contribution >= 0.6 is 11.6 Å². The molecule has 24 heavy (non-hydrogen) atoms. The number of carbonyl (C=O) groups is 1. The molecule has 2 rings (SSSR count). The number of aromatic nitrogens is 2. The number of nitrogens with one attached hydrogen (secondary N) is 1. The lowest BCUT2D eigenvalue weighted by Gasteiger charge is -2.13. The van der Waals surface area contributed by atoms with E-state index in [0.717, 1.165) is 11.3 Å². The largest absolute Gasteiger partial charge is 0.497 e. The van der Waals surface area contributed by atoms with Crippen molar-refractivity contribution in [1.82, 2.24) is 9.55 Å². The van der Waals surface area contributed by atoms with Crippen LogP contribution in [0.3, 0.4) is 0 Å². The van der Waals surface area contributed by atoms with Gasteiger partial charge in [0.25, 0.3) is 5.56 Å². The average molecular weight is 352 g/mol. The normalized spacial score (nSPS) is 10.3. The van der Waals surface area contributed by atoms with Crippen molar-refractivity contribution in [2.24, 2.45) is 0 Å². The lowest BCUT2D eigenvalue weighted by atomic mass is 10.2. The molecule has 0 aliphatic rings. The zero-order valence-corrected chi connectivity index (χ0v) is 14.4. The summed E-state index contributed by atoms with van der Waals surface area (Å²) in [6, 6.07) is 7.38. The quantitative estimate of drug-likeness (QED) is 0.801. The van der Waals surface area contributed by atoms with E-state index in [1.165, 1.54) is 11.7 Å². The van der Waals surface area contributed by atoms with Crippen molar-refractivity contribution >= 4 is 23.4 Å². The Morgan fingerprint density at radius 1 is 1.29 bits per heavy atom. The van der Waals surface area contributed by atoms with Crippen LogP contribution in [0, 0.1) is 6.92 Å². The number of ether oxygens (including phenoxy) is 2. The van der Waals surface area contributed by atoms with E-state index in [0.29, 0.717) is 12.2 Å². The van der Waals surface area contributed by atoms with Crippen molar-refractivity contribution < 1.29 is 14.3 Å². The number of anilines is 1. The van der Waals surface area contributed by atoms with E-state index < -0.39 is 11.5 Å². The second-order valence-corrected chi connectivity index (χ2v) is 5.36. The third-order valence-corrected chi connectivity index (χ3v) is 3.85. The summed E-state index contributed by atoms with van der Waals surface area (Å²) in [4.78, 5) is 28.0. The van der Waals surface area contributed by atoms with Crippen LogP contribution in [0.4, 0.5) is 5.82 Å². The van der Waals surface area contributed by atoms with Gasteiger partial charge in [0.15, 0.2) is 11.0 Å². The van der Waals surface area contributed by atoms with Crippen LogP contribution in [0.2, 0.25) is 5.15 Å². The van der Waals surface area contributed by atoms with Gasteiger partial charge in [-0.15, -0.1) is 0 Å². The number of rotatable bonds is 6. The molecular weight excluding hydrogens is 334 g/mol. The third-order valence-electron chi connectivity index (χ3n) is 3.50. The highest BCUT2D eigenvalue weighted by molar-refractivity contribution is 6.30. The molecule has 0 unspecified atom stereocenters. The standard InChI is InChI=1S/C16H18ClN3O4/c1-10-14(17)19-15(16(22)20(10)9-13(21)24-3)18-8-11-4-6-12(23-2)7-5-11/h4-7H,8-9H2,1-3H3,(H,18,19). The number of hydrogen-bond acceptors (Lipinski definition) is 6. The zero-order chi connectivity index (χ0) is 17.7. The van der Waals surface area contributed by atoms with Gasteiger partial charge in [-0.1, -0.05) is 23.7 Å². The van der Waals surface area contributed by atoms with Gasteiger partial charge in [0, 0.05) is 6.54 Å². The van der Waals surface area contributed by atoms with Gasteiger partial charge in [0.05, 0.1) is 19.9 Å². The number of hydrogen-bond donors (Lipinski definition) is 1. The average Bonchev–Trinajstić information content (AvgIpc) is 2.60. The first-order valence-corrected chi connectivity index (χ1v) is 7.54. The van der Waals surface area contributed by atoms with Gasteiger partial charge in [-0.3, -0.25) is 14.2 Å². The summed E-state index contributed by atoms with van der Waals surface area (Å²) in [5.74, 6) is 0.282. The maximum absolute atomic E-state index is 12.5. The van der Waals surface area contributed by atoms with E-state index >= 15 is 0 Å². The molecule has 8 heteroatoms. The first-order valence-electron chi connectivity index (χ1n) is 7.16. The van der Waals surface area contributed by atoms with Crippen molar-refractivity contribution in [2.75, 3.05) is 19.5 Å². The summed E-state index contributed by atoms with van der Waals surface area (Å²) in [5, 5.41) is 3.09. The summed E-state index contributed by atoms with van der Waals surface area (Å²) in [6.07, 6.45) is 0. The second-order valence-electron chi connectivity index (χ2n) is 5.01. The minimum atomic E-state index is -0.538. The summed E-state index contributed by atoms with van der Waals surface area (Å²) < 4.78 is 10.9. The van der Waals surface area contributed by atoms with Gasteiger partial charge < -0.3 is 14.8 Å². The molecular formula is C16H18ClN3O4. The van der Waals surface area contributed by atoms with E-state index in [9.17, 15) is 9.59 Å². The highest BCUT2D eigenvalue weighted by Crippen LogP contribution is 2.15. The Morgan fingerprint density at radius 2 is 1.96 bits per heavy atom. The Balaban J connectivity index is 2.23. The van der Waals surface area contributed by atoms with Crippen LogP contribution in [0.15, 0.2) is 29.1 Å². The van der Waals surface area contributed by atoms with Crippen molar-refractivity contribution in [2.45, 2.75) is 20.0 Å². The molecule has 1 heterocycles. The van der Waals surface area contributed by atoms with Gasteiger partial charge in [0.2, 0.25) is 0 Å². The summed E-state index contributed by atoms with van der Waals surface area (Å²) >= 11 is 6.06. The zero-order valence-electron chi connectivity index (χ0n) is 13.6. The SMILES string of the molecule is COC(=O)Cn1c(C)c(Cl)nc(NCc2ccc(OC)cc2)c1=O. The Morgan fingerprint density at radius 3 is 2.54 bits per heavy atom. The smallest absolute Gasteiger partial charge is 0.325 e. The molecule has 0 radical (unpaired) electrons. The van der Waals surface area contributed by atoms with Crippen LogP contribution in [0.1, 0.15) is 11.3 Å². The predicted octanol–water partition coefficient (Wildman–Crippen LogP) is 2.00. The molecule has 0 saturated carbocycles. The van der Waals surface area contributed by atoms with Gasteiger partial charge in [-0.2, -0.15) is 0 Å². The molecule has 0 fully saturated rings.